The van der Waals surface area contributed by atoms with E-state index in [0.717, 1.165) is 23.9 Å². The lowest BCUT2D eigenvalue weighted by Crippen LogP contribution is -2.23. The van der Waals surface area contributed by atoms with Crippen molar-refractivity contribution >= 4 is 0 Å². The maximum Gasteiger partial charge on any atom is 0.0127 e. The van der Waals surface area contributed by atoms with Crippen LogP contribution in [0.4, 0.5) is 0 Å². The van der Waals surface area contributed by atoms with Crippen LogP contribution in [0.25, 0.3) is 0 Å². The number of hydrogen-bond donors (Lipinski definition) is 1. The van der Waals surface area contributed by atoms with Crippen LogP contribution in [0.1, 0.15) is 25.7 Å². The SMILES string of the molecule is C1CC2CC3CC1C2N3. The normalized spacial score (nSPS) is 61.3. The molecule has 50 valence electrons. The molecule has 2 bridgehead atoms. The largest absolute Gasteiger partial charge is 0.311 e. The first-order valence-electron chi connectivity index (χ1n) is 4.19. The molecule has 1 saturated carbocycles. The highest BCUT2D eigenvalue weighted by atomic mass is 15.1. The number of nitrogens with one attached hydrogen (secondary N) is 1. The zero-order valence-electron chi connectivity index (χ0n) is 5.64. The number of rotatable bonds is 0. The average molecular weight is 123 g/mol. The fraction of sp³-hybridized carbons (Fsp3) is 1.00. The average Bonchev–Trinajstić information content (AvgIpc) is 2.35. The van der Waals surface area contributed by atoms with E-state index in [1.807, 2.05) is 0 Å². The lowest BCUT2D eigenvalue weighted by molar-refractivity contribution is 0.413. The van der Waals surface area contributed by atoms with Crippen LogP contribution in [0.5, 0.6) is 0 Å². The quantitative estimate of drug-likeness (QED) is 0.509. The summed E-state index contributed by atoms with van der Waals surface area (Å²) < 4.78 is 0. The Kier molecular flexibility index (Phi) is 0.704. The molecule has 9 heavy (non-hydrogen) atoms. The van der Waals surface area contributed by atoms with Gasteiger partial charge in [0.15, 0.2) is 0 Å². The summed E-state index contributed by atoms with van der Waals surface area (Å²) in [6, 6.07) is 1.91. The third-order valence-corrected chi connectivity index (χ3v) is 3.53. The summed E-state index contributed by atoms with van der Waals surface area (Å²) in [4.78, 5) is 0. The van der Waals surface area contributed by atoms with Gasteiger partial charge in [0.25, 0.3) is 0 Å². The molecule has 1 N–H and O–H groups in total. The van der Waals surface area contributed by atoms with Crippen LogP contribution in [-0.2, 0) is 0 Å². The van der Waals surface area contributed by atoms with Gasteiger partial charge in [-0.2, -0.15) is 0 Å². The van der Waals surface area contributed by atoms with E-state index in [1.54, 1.807) is 0 Å². The number of hydrogen-bond acceptors (Lipinski definition) is 1. The Labute approximate surface area is 55.8 Å². The van der Waals surface area contributed by atoms with Crippen molar-refractivity contribution in [3.05, 3.63) is 0 Å². The Morgan fingerprint density at radius 1 is 1.00 bits per heavy atom. The van der Waals surface area contributed by atoms with Crippen LogP contribution < -0.4 is 5.32 Å². The first kappa shape index (κ1) is 4.73. The van der Waals surface area contributed by atoms with Crippen molar-refractivity contribution in [2.24, 2.45) is 11.8 Å². The van der Waals surface area contributed by atoms with Crippen molar-refractivity contribution in [1.29, 1.82) is 0 Å². The van der Waals surface area contributed by atoms with Crippen LogP contribution in [0, 0.1) is 11.8 Å². The standard InChI is InChI=1S/C8H13N/c1-2-6-4-7-3-5(1)8(6)9-7/h5-9H,1-4H2. The highest BCUT2D eigenvalue weighted by Crippen LogP contribution is 2.47. The van der Waals surface area contributed by atoms with Crippen LogP contribution >= 0.6 is 0 Å². The van der Waals surface area contributed by atoms with E-state index in [2.05, 4.69) is 5.32 Å². The van der Waals surface area contributed by atoms with Gasteiger partial charge in [-0.3, -0.25) is 0 Å². The van der Waals surface area contributed by atoms with Gasteiger partial charge < -0.3 is 5.32 Å². The van der Waals surface area contributed by atoms with E-state index in [9.17, 15) is 0 Å². The molecule has 0 aromatic rings. The Hall–Kier alpha value is -0.0400. The summed E-state index contributed by atoms with van der Waals surface area (Å²) in [5, 5.41) is 3.69. The van der Waals surface area contributed by atoms with Crippen molar-refractivity contribution in [3.63, 3.8) is 0 Å². The molecule has 3 aliphatic rings. The minimum Gasteiger partial charge on any atom is -0.311 e. The van der Waals surface area contributed by atoms with Crippen LogP contribution in [0.2, 0.25) is 0 Å². The highest BCUT2D eigenvalue weighted by Gasteiger charge is 2.49. The molecule has 1 aliphatic carbocycles. The van der Waals surface area contributed by atoms with Gasteiger partial charge in [0.1, 0.15) is 0 Å². The fourth-order valence-corrected chi connectivity index (χ4v) is 3.21. The van der Waals surface area contributed by atoms with E-state index in [1.165, 1.54) is 25.7 Å². The maximum absolute atomic E-state index is 3.69. The highest BCUT2D eigenvalue weighted by molar-refractivity contribution is 5.06. The Morgan fingerprint density at radius 3 is 2.11 bits per heavy atom. The second kappa shape index (κ2) is 1.34. The van der Waals surface area contributed by atoms with Gasteiger partial charge in [-0.15, -0.1) is 0 Å². The van der Waals surface area contributed by atoms with Crippen molar-refractivity contribution in [3.8, 4) is 0 Å². The van der Waals surface area contributed by atoms with E-state index in [-0.39, 0.29) is 0 Å². The first-order chi connectivity index (χ1) is 4.43. The zero-order chi connectivity index (χ0) is 5.84. The summed E-state index contributed by atoms with van der Waals surface area (Å²) in [7, 11) is 0. The second-order valence-corrected chi connectivity index (χ2v) is 3.96. The van der Waals surface area contributed by atoms with E-state index in [0.29, 0.717) is 0 Å². The van der Waals surface area contributed by atoms with Gasteiger partial charge in [0.2, 0.25) is 0 Å². The van der Waals surface area contributed by atoms with Crippen molar-refractivity contribution in [2.75, 3.05) is 0 Å². The number of fused-ring (bicyclic) bond motifs is 1. The predicted octanol–water partition coefficient (Wildman–Crippen LogP) is 1.15. The van der Waals surface area contributed by atoms with E-state index in [4.69, 9.17) is 0 Å². The molecule has 2 aliphatic heterocycles. The van der Waals surface area contributed by atoms with E-state index >= 15 is 0 Å². The smallest absolute Gasteiger partial charge is 0.0127 e. The summed E-state index contributed by atoms with van der Waals surface area (Å²) in [6.45, 7) is 0. The lowest BCUT2D eigenvalue weighted by Gasteiger charge is -2.14. The Balaban J connectivity index is 2.02. The minimum atomic E-state index is 0.937. The van der Waals surface area contributed by atoms with Crippen LogP contribution in [0.15, 0.2) is 0 Å². The van der Waals surface area contributed by atoms with Gasteiger partial charge in [-0.05, 0) is 37.5 Å². The first-order valence-corrected chi connectivity index (χ1v) is 4.19. The summed E-state index contributed by atoms with van der Waals surface area (Å²) in [5.41, 5.74) is 0. The molecule has 2 saturated heterocycles. The van der Waals surface area contributed by atoms with Gasteiger partial charge >= 0.3 is 0 Å². The molecule has 1 nitrogen and oxygen atoms in total. The predicted molar refractivity (Wildman–Crippen MR) is 36.2 cm³/mol. The Bertz CT molecular complexity index is 127. The maximum atomic E-state index is 3.69. The van der Waals surface area contributed by atoms with Crippen LogP contribution in [-0.4, -0.2) is 12.1 Å². The second-order valence-electron chi connectivity index (χ2n) is 3.96. The fourth-order valence-electron chi connectivity index (χ4n) is 3.21. The molecule has 2 atom stereocenters. The van der Waals surface area contributed by atoms with Gasteiger partial charge in [0.05, 0.1) is 0 Å². The summed E-state index contributed by atoms with van der Waals surface area (Å²) >= 11 is 0. The molecule has 0 aromatic heterocycles. The monoisotopic (exact) mass is 123 g/mol. The van der Waals surface area contributed by atoms with Crippen molar-refractivity contribution in [2.45, 2.75) is 37.8 Å². The van der Waals surface area contributed by atoms with Gasteiger partial charge in [-0.1, -0.05) is 0 Å². The molecule has 0 spiro atoms. The van der Waals surface area contributed by atoms with Gasteiger partial charge in [0, 0.05) is 12.1 Å². The molecule has 2 unspecified atom stereocenters. The molecule has 0 amide bonds. The minimum absolute atomic E-state index is 0.937. The zero-order valence-corrected chi connectivity index (χ0v) is 5.64. The van der Waals surface area contributed by atoms with Crippen molar-refractivity contribution < 1.29 is 0 Å². The lowest BCUT2D eigenvalue weighted by atomic mass is 9.89. The third-order valence-electron chi connectivity index (χ3n) is 3.53. The third kappa shape index (κ3) is 0.454. The molecular formula is C8H13N. The molecule has 0 aromatic carbocycles. The molecule has 3 rings (SSSR count). The Morgan fingerprint density at radius 2 is 1.67 bits per heavy atom. The summed E-state index contributed by atoms with van der Waals surface area (Å²) in [5.74, 6) is 2.18. The molecule has 2 heterocycles. The topological polar surface area (TPSA) is 12.0 Å². The van der Waals surface area contributed by atoms with Crippen LogP contribution in [0.3, 0.4) is 0 Å². The van der Waals surface area contributed by atoms with Gasteiger partial charge in [-0.25, -0.2) is 0 Å². The molecule has 1 heteroatoms. The molecular weight excluding hydrogens is 110 g/mol. The molecule has 0 radical (unpaired) electrons. The molecule has 3 fully saturated rings. The summed E-state index contributed by atoms with van der Waals surface area (Å²) in [6.07, 6.45) is 6.06. The van der Waals surface area contributed by atoms with Crippen molar-refractivity contribution in [1.82, 2.24) is 5.32 Å². The van der Waals surface area contributed by atoms with E-state index < -0.39 is 0 Å².